The fourth-order valence-electron chi connectivity index (χ4n) is 2.15. The summed E-state index contributed by atoms with van der Waals surface area (Å²) in [6, 6.07) is 10.3. The molecule has 6 heteroatoms. The molecular formula is C19H22ClNO4. The summed E-state index contributed by atoms with van der Waals surface area (Å²) in [6.45, 7) is 4.58. The SMILES string of the molecule is COc1cccc(NC(=O)c2cc(Cl)c(OCC(C)C)c(OC)c2)c1. The van der Waals surface area contributed by atoms with Crippen molar-refractivity contribution >= 4 is 23.2 Å². The molecule has 1 N–H and O–H groups in total. The molecule has 0 saturated heterocycles. The van der Waals surface area contributed by atoms with Crippen LogP contribution in [-0.4, -0.2) is 26.7 Å². The van der Waals surface area contributed by atoms with Gasteiger partial charge in [-0.15, -0.1) is 0 Å². The summed E-state index contributed by atoms with van der Waals surface area (Å²) in [6.07, 6.45) is 0. The minimum atomic E-state index is -0.302. The van der Waals surface area contributed by atoms with Gasteiger partial charge >= 0.3 is 0 Å². The number of halogens is 1. The first kappa shape index (κ1) is 18.9. The van der Waals surface area contributed by atoms with Crippen molar-refractivity contribution in [3.8, 4) is 17.2 Å². The number of anilines is 1. The van der Waals surface area contributed by atoms with Crippen molar-refractivity contribution in [3.05, 3.63) is 47.0 Å². The van der Waals surface area contributed by atoms with Gasteiger partial charge in [0.2, 0.25) is 0 Å². The molecule has 1 amide bonds. The third-order valence-corrected chi connectivity index (χ3v) is 3.66. The zero-order valence-electron chi connectivity index (χ0n) is 14.8. The van der Waals surface area contributed by atoms with Crippen LogP contribution in [0.15, 0.2) is 36.4 Å². The second-order valence-electron chi connectivity index (χ2n) is 5.88. The van der Waals surface area contributed by atoms with Gasteiger partial charge in [-0.3, -0.25) is 4.79 Å². The summed E-state index contributed by atoms with van der Waals surface area (Å²) < 4.78 is 16.2. The van der Waals surface area contributed by atoms with Crippen molar-refractivity contribution in [2.45, 2.75) is 13.8 Å². The average Bonchev–Trinajstić information content (AvgIpc) is 2.59. The Balaban J connectivity index is 2.23. The lowest BCUT2D eigenvalue weighted by Crippen LogP contribution is -2.13. The molecule has 134 valence electrons. The summed E-state index contributed by atoms with van der Waals surface area (Å²) in [7, 11) is 3.08. The Labute approximate surface area is 152 Å². The number of methoxy groups -OCH3 is 2. The Hall–Kier alpha value is -2.40. The standard InChI is InChI=1S/C19H22ClNO4/c1-12(2)11-25-18-16(20)8-13(9-17(18)24-4)19(22)21-14-6-5-7-15(10-14)23-3/h5-10,12H,11H2,1-4H3,(H,21,22). The molecule has 0 unspecified atom stereocenters. The van der Waals surface area contributed by atoms with Crippen LogP contribution in [0.25, 0.3) is 0 Å². The average molecular weight is 364 g/mol. The summed E-state index contributed by atoms with van der Waals surface area (Å²) in [5.41, 5.74) is 1.00. The van der Waals surface area contributed by atoms with E-state index in [4.69, 9.17) is 25.8 Å². The smallest absolute Gasteiger partial charge is 0.255 e. The molecule has 0 spiro atoms. The minimum absolute atomic E-state index is 0.302. The van der Waals surface area contributed by atoms with Gasteiger partial charge in [-0.25, -0.2) is 0 Å². The topological polar surface area (TPSA) is 56.8 Å². The zero-order chi connectivity index (χ0) is 18.4. The maximum atomic E-state index is 12.5. The number of hydrogen-bond acceptors (Lipinski definition) is 4. The Morgan fingerprint density at radius 3 is 2.56 bits per heavy atom. The van der Waals surface area contributed by atoms with Gasteiger partial charge in [-0.1, -0.05) is 31.5 Å². The third kappa shape index (κ3) is 5.03. The van der Waals surface area contributed by atoms with E-state index in [-0.39, 0.29) is 5.91 Å². The molecule has 5 nitrogen and oxygen atoms in total. The van der Waals surface area contributed by atoms with E-state index in [0.717, 1.165) is 0 Å². The normalized spacial score (nSPS) is 10.5. The number of nitrogens with one attached hydrogen (secondary N) is 1. The fourth-order valence-corrected chi connectivity index (χ4v) is 2.41. The first-order chi connectivity index (χ1) is 11.9. The van der Waals surface area contributed by atoms with Gasteiger partial charge in [0.25, 0.3) is 5.91 Å². The van der Waals surface area contributed by atoms with Gasteiger partial charge in [0.1, 0.15) is 5.75 Å². The van der Waals surface area contributed by atoms with E-state index < -0.39 is 0 Å². The number of rotatable bonds is 7. The molecular weight excluding hydrogens is 342 g/mol. The first-order valence-electron chi connectivity index (χ1n) is 7.90. The van der Waals surface area contributed by atoms with Gasteiger partial charge in [-0.2, -0.15) is 0 Å². The number of benzene rings is 2. The predicted octanol–water partition coefficient (Wildman–Crippen LogP) is 4.64. The third-order valence-electron chi connectivity index (χ3n) is 3.38. The number of carbonyl (C=O) groups is 1. The maximum Gasteiger partial charge on any atom is 0.255 e. The highest BCUT2D eigenvalue weighted by Crippen LogP contribution is 2.37. The Morgan fingerprint density at radius 2 is 1.92 bits per heavy atom. The molecule has 0 saturated carbocycles. The molecule has 0 aliphatic rings. The highest BCUT2D eigenvalue weighted by atomic mass is 35.5. The molecule has 0 bridgehead atoms. The highest BCUT2D eigenvalue weighted by molar-refractivity contribution is 6.32. The van der Waals surface area contributed by atoms with Crippen LogP contribution >= 0.6 is 11.6 Å². The number of carbonyl (C=O) groups excluding carboxylic acids is 1. The Kier molecular flexibility index (Phi) is 6.53. The Morgan fingerprint density at radius 1 is 1.16 bits per heavy atom. The van der Waals surface area contributed by atoms with Gasteiger partial charge in [0.15, 0.2) is 11.5 Å². The zero-order valence-corrected chi connectivity index (χ0v) is 15.5. The van der Waals surface area contributed by atoms with Crippen molar-refractivity contribution in [1.29, 1.82) is 0 Å². The van der Waals surface area contributed by atoms with Crippen LogP contribution < -0.4 is 19.5 Å². The second-order valence-corrected chi connectivity index (χ2v) is 6.29. The van der Waals surface area contributed by atoms with Crippen LogP contribution in [0.4, 0.5) is 5.69 Å². The van der Waals surface area contributed by atoms with E-state index in [0.29, 0.717) is 46.0 Å². The lowest BCUT2D eigenvalue weighted by atomic mass is 10.1. The molecule has 2 rings (SSSR count). The van der Waals surface area contributed by atoms with E-state index in [2.05, 4.69) is 5.32 Å². The molecule has 0 aromatic heterocycles. The molecule has 0 radical (unpaired) electrons. The number of amides is 1. The van der Waals surface area contributed by atoms with E-state index in [1.807, 2.05) is 13.8 Å². The van der Waals surface area contributed by atoms with Gasteiger partial charge < -0.3 is 19.5 Å². The van der Waals surface area contributed by atoms with Crippen molar-refractivity contribution in [2.75, 3.05) is 26.1 Å². The van der Waals surface area contributed by atoms with E-state index in [1.54, 1.807) is 43.5 Å². The summed E-state index contributed by atoms with van der Waals surface area (Å²) >= 11 is 6.29. The molecule has 0 atom stereocenters. The van der Waals surface area contributed by atoms with Crippen LogP contribution in [0.1, 0.15) is 24.2 Å². The van der Waals surface area contributed by atoms with Crippen LogP contribution in [0.3, 0.4) is 0 Å². The minimum Gasteiger partial charge on any atom is -0.497 e. The summed E-state index contributed by atoms with van der Waals surface area (Å²) in [5.74, 6) is 1.56. The first-order valence-corrected chi connectivity index (χ1v) is 8.28. The van der Waals surface area contributed by atoms with Gasteiger partial charge in [0, 0.05) is 17.3 Å². The van der Waals surface area contributed by atoms with Crippen molar-refractivity contribution in [2.24, 2.45) is 5.92 Å². The fraction of sp³-hybridized carbons (Fsp3) is 0.316. The maximum absolute atomic E-state index is 12.5. The number of hydrogen-bond donors (Lipinski definition) is 1. The Bertz CT molecular complexity index is 746. The van der Waals surface area contributed by atoms with E-state index in [1.165, 1.54) is 7.11 Å². The molecule has 0 aliphatic heterocycles. The van der Waals surface area contributed by atoms with E-state index >= 15 is 0 Å². The molecule has 2 aromatic carbocycles. The van der Waals surface area contributed by atoms with Crippen LogP contribution in [0.2, 0.25) is 5.02 Å². The molecule has 25 heavy (non-hydrogen) atoms. The van der Waals surface area contributed by atoms with Gasteiger partial charge in [0.05, 0.1) is 25.8 Å². The monoisotopic (exact) mass is 363 g/mol. The van der Waals surface area contributed by atoms with Crippen LogP contribution in [-0.2, 0) is 0 Å². The van der Waals surface area contributed by atoms with Crippen LogP contribution in [0, 0.1) is 5.92 Å². The quantitative estimate of drug-likeness (QED) is 0.778. The van der Waals surface area contributed by atoms with E-state index in [9.17, 15) is 4.79 Å². The molecule has 0 aliphatic carbocycles. The van der Waals surface area contributed by atoms with Gasteiger partial charge in [-0.05, 0) is 30.2 Å². The lowest BCUT2D eigenvalue weighted by molar-refractivity contribution is 0.102. The predicted molar refractivity (Wildman–Crippen MR) is 99.3 cm³/mol. The molecule has 2 aromatic rings. The largest absolute Gasteiger partial charge is 0.497 e. The summed E-state index contributed by atoms with van der Waals surface area (Å²) in [5, 5.41) is 3.14. The highest BCUT2D eigenvalue weighted by Gasteiger charge is 2.16. The summed E-state index contributed by atoms with van der Waals surface area (Å²) in [4.78, 5) is 12.5. The van der Waals surface area contributed by atoms with Crippen molar-refractivity contribution in [1.82, 2.24) is 0 Å². The molecule has 0 fully saturated rings. The number of ether oxygens (including phenoxy) is 3. The van der Waals surface area contributed by atoms with Crippen molar-refractivity contribution in [3.63, 3.8) is 0 Å². The second kappa shape index (κ2) is 8.62. The van der Waals surface area contributed by atoms with Crippen molar-refractivity contribution < 1.29 is 19.0 Å². The van der Waals surface area contributed by atoms with Crippen LogP contribution in [0.5, 0.6) is 17.2 Å². The molecule has 0 heterocycles. The lowest BCUT2D eigenvalue weighted by Gasteiger charge is -2.15.